The number of ether oxygens (including phenoxy) is 1. The van der Waals surface area contributed by atoms with Crippen molar-refractivity contribution in [2.24, 2.45) is 0 Å². The second-order valence-electron chi connectivity index (χ2n) is 11.2. The lowest BCUT2D eigenvalue weighted by molar-refractivity contribution is -0.121. The summed E-state index contributed by atoms with van der Waals surface area (Å²) >= 11 is 0. The molecule has 2 saturated heterocycles. The first kappa shape index (κ1) is 28.0. The molecular weight excluding hydrogens is 524 g/mol. The van der Waals surface area contributed by atoms with Gasteiger partial charge >= 0.3 is 0 Å². The van der Waals surface area contributed by atoms with E-state index in [9.17, 15) is 4.79 Å². The zero-order valence-electron chi connectivity index (χ0n) is 24.6. The van der Waals surface area contributed by atoms with E-state index in [0.29, 0.717) is 26.3 Å². The molecule has 2 aliphatic heterocycles. The lowest BCUT2D eigenvalue weighted by atomic mass is 10.0. The van der Waals surface area contributed by atoms with Crippen molar-refractivity contribution in [1.29, 1.82) is 0 Å². The Morgan fingerprint density at radius 2 is 1.62 bits per heavy atom. The Hall–Kier alpha value is -4.14. The van der Waals surface area contributed by atoms with Gasteiger partial charge in [0.05, 0.1) is 37.7 Å². The van der Waals surface area contributed by atoms with Crippen LogP contribution in [0.2, 0.25) is 0 Å². The third kappa shape index (κ3) is 6.50. The number of anilines is 2. The molecule has 0 spiro atoms. The lowest BCUT2D eigenvalue weighted by Gasteiger charge is -2.37. The Kier molecular flexibility index (Phi) is 8.53. The topological polar surface area (TPSA) is 65.9 Å². The maximum atomic E-state index is 13.1. The molecule has 0 unspecified atom stereocenters. The largest absolute Gasteiger partial charge is 0.378 e. The first-order chi connectivity index (χ1) is 20.5. The highest BCUT2D eigenvalue weighted by Crippen LogP contribution is 2.28. The van der Waals surface area contributed by atoms with Gasteiger partial charge < -0.3 is 19.9 Å². The van der Waals surface area contributed by atoms with Crippen LogP contribution < -0.4 is 15.1 Å². The van der Waals surface area contributed by atoms with E-state index in [4.69, 9.17) is 9.84 Å². The predicted octanol–water partition coefficient (Wildman–Crippen LogP) is 4.43. The van der Waals surface area contributed by atoms with Crippen LogP contribution >= 0.6 is 0 Å². The zero-order valence-corrected chi connectivity index (χ0v) is 24.6. The molecule has 2 aliphatic rings. The summed E-state index contributed by atoms with van der Waals surface area (Å²) in [6.07, 6.45) is 2.31. The fraction of sp³-hybridized carbons (Fsp3) is 0.353. The number of nitrogens with one attached hydrogen (secondary N) is 1. The van der Waals surface area contributed by atoms with E-state index in [1.54, 1.807) is 0 Å². The second-order valence-corrected chi connectivity index (χ2v) is 11.2. The number of rotatable bonds is 8. The quantitative estimate of drug-likeness (QED) is 0.342. The number of aryl methyl sites for hydroxylation is 1. The summed E-state index contributed by atoms with van der Waals surface area (Å²) in [6.45, 7) is 11.8. The second kappa shape index (κ2) is 12.8. The molecule has 0 atom stereocenters. The molecule has 218 valence electrons. The highest BCUT2D eigenvalue weighted by atomic mass is 16.5. The van der Waals surface area contributed by atoms with Crippen LogP contribution in [0.5, 0.6) is 0 Å². The maximum absolute atomic E-state index is 13.1. The number of amides is 1. The van der Waals surface area contributed by atoms with E-state index in [0.717, 1.165) is 67.5 Å². The molecule has 42 heavy (non-hydrogen) atoms. The molecule has 3 aromatic carbocycles. The standard InChI is InChI=1S/C34H40N6O2/c1-26-7-6-10-33(27(26)2)39-15-13-37(14-16-39)25-35-34(41)23-28-21-29(24-31(22-28)38-17-19-42-20-18-38)32-11-12-40(36-32)30-8-4-3-5-9-30/h3-12,21-22,24H,13-20,23,25H2,1-2H3,(H,35,41). The van der Waals surface area contributed by atoms with Gasteiger partial charge in [0.1, 0.15) is 0 Å². The first-order valence-corrected chi connectivity index (χ1v) is 14.9. The van der Waals surface area contributed by atoms with Crippen molar-refractivity contribution in [2.45, 2.75) is 20.3 Å². The lowest BCUT2D eigenvalue weighted by Crippen LogP contribution is -2.50. The number of aromatic nitrogens is 2. The van der Waals surface area contributed by atoms with Crippen LogP contribution in [0, 0.1) is 13.8 Å². The van der Waals surface area contributed by atoms with E-state index in [-0.39, 0.29) is 5.91 Å². The zero-order chi connectivity index (χ0) is 28.9. The van der Waals surface area contributed by atoms with Crippen LogP contribution in [-0.2, 0) is 16.0 Å². The number of morpholine rings is 1. The van der Waals surface area contributed by atoms with Gasteiger partial charge in [-0.1, -0.05) is 30.3 Å². The summed E-state index contributed by atoms with van der Waals surface area (Å²) in [4.78, 5) is 20.3. The van der Waals surface area contributed by atoms with Crippen LogP contribution in [0.1, 0.15) is 16.7 Å². The fourth-order valence-electron chi connectivity index (χ4n) is 5.80. The predicted molar refractivity (Wildman–Crippen MR) is 168 cm³/mol. The molecule has 0 aliphatic carbocycles. The smallest absolute Gasteiger partial charge is 0.225 e. The number of hydrogen-bond acceptors (Lipinski definition) is 6. The van der Waals surface area contributed by atoms with Gasteiger partial charge in [0, 0.05) is 62.4 Å². The molecule has 8 nitrogen and oxygen atoms in total. The summed E-state index contributed by atoms with van der Waals surface area (Å²) in [6, 6.07) is 25.1. The Morgan fingerprint density at radius 1 is 0.833 bits per heavy atom. The van der Waals surface area contributed by atoms with Crippen molar-refractivity contribution in [3.63, 3.8) is 0 Å². The molecule has 1 N–H and O–H groups in total. The van der Waals surface area contributed by atoms with Crippen LogP contribution in [-0.4, -0.2) is 79.7 Å². The first-order valence-electron chi connectivity index (χ1n) is 14.9. The van der Waals surface area contributed by atoms with E-state index in [1.165, 1.54) is 16.8 Å². The third-order valence-corrected chi connectivity index (χ3v) is 8.41. The van der Waals surface area contributed by atoms with Gasteiger partial charge in [-0.2, -0.15) is 5.10 Å². The summed E-state index contributed by atoms with van der Waals surface area (Å²) in [5.41, 5.74) is 9.01. The van der Waals surface area contributed by atoms with E-state index < -0.39 is 0 Å². The van der Waals surface area contributed by atoms with Gasteiger partial charge in [-0.15, -0.1) is 0 Å². The van der Waals surface area contributed by atoms with Crippen molar-refractivity contribution in [3.05, 3.63) is 95.7 Å². The van der Waals surface area contributed by atoms with Gasteiger partial charge in [0.2, 0.25) is 5.91 Å². The number of hydrogen-bond donors (Lipinski definition) is 1. The minimum atomic E-state index is 0.0341. The highest BCUT2D eigenvalue weighted by Gasteiger charge is 2.20. The molecule has 3 heterocycles. The number of carbonyl (C=O) groups is 1. The minimum absolute atomic E-state index is 0.0341. The SMILES string of the molecule is Cc1cccc(N2CCN(CNC(=O)Cc3cc(-c4ccn(-c5ccccc5)n4)cc(N4CCOCC4)c3)CC2)c1C. The minimum Gasteiger partial charge on any atom is -0.378 e. The van der Waals surface area contributed by atoms with Crippen molar-refractivity contribution in [2.75, 3.05) is 69.0 Å². The van der Waals surface area contributed by atoms with Crippen LogP contribution in [0.25, 0.3) is 16.9 Å². The van der Waals surface area contributed by atoms with Crippen molar-refractivity contribution >= 4 is 17.3 Å². The molecule has 0 radical (unpaired) electrons. The van der Waals surface area contributed by atoms with Gasteiger partial charge in [0.15, 0.2) is 0 Å². The van der Waals surface area contributed by atoms with Crippen LogP contribution in [0.15, 0.2) is 79.0 Å². The van der Waals surface area contributed by atoms with Gasteiger partial charge in [-0.05, 0) is 73.0 Å². The molecule has 2 fully saturated rings. The van der Waals surface area contributed by atoms with Crippen LogP contribution in [0.3, 0.4) is 0 Å². The third-order valence-electron chi connectivity index (χ3n) is 8.41. The van der Waals surface area contributed by atoms with Crippen molar-refractivity contribution in [1.82, 2.24) is 20.0 Å². The highest BCUT2D eigenvalue weighted by molar-refractivity contribution is 5.80. The number of para-hydroxylation sites is 1. The number of benzene rings is 3. The number of carbonyl (C=O) groups excluding carboxylic acids is 1. The van der Waals surface area contributed by atoms with Crippen LogP contribution in [0.4, 0.5) is 11.4 Å². The molecule has 6 rings (SSSR count). The molecule has 8 heteroatoms. The Balaban J connectivity index is 1.11. The summed E-state index contributed by atoms with van der Waals surface area (Å²) in [5.74, 6) is 0.0341. The molecule has 0 bridgehead atoms. The monoisotopic (exact) mass is 564 g/mol. The summed E-state index contributed by atoms with van der Waals surface area (Å²) in [7, 11) is 0. The van der Waals surface area contributed by atoms with E-state index in [2.05, 4.69) is 70.3 Å². The normalized spacial score (nSPS) is 16.0. The van der Waals surface area contributed by atoms with Gasteiger partial charge in [-0.25, -0.2) is 4.68 Å². The van der Waals surface area contributed by atoms with Gasteiger partial charge in [0.25, 0.3) is 0 Å². The van der Waals surface area contributed by atoms with E-state index >= 15 is 0 Å². The summed E-state index contributed by atoms with van der Waals surface area (Å²) in [5, 5.41) is 8.03. The van der Waals surface area contributed by atoms with Gasteiger partial charge in [-0.3, -0.25) is 9.69 Å². The fourth-order valence-corrected chi connectivity index (χ4v) is 5.80. The Bertz CT molecular complexity index is 1500. The molecule has 1 amide bonds. The summed E-state index contributed by atoms with van der Waals surface area (Å²) < 4.78 is 7.48. The van der Waals surface area contributed by atoms with Crippen molar-refractivity contribution < 1.29 is 9.53 Å². The molecule has 0 saturated carbocycles. The van der Waals surface area contributed by atoms with E-state index in [1.807, 2.05) is 47.3 Å². The number of piperazine rings is 1. The van der Waals surface area contributed by atoms with Crippen molar-refractivity contribution in [3.8, 4) is 16.9 Å². The molecule has 1 aromatic heterocycles. The Labute approximate surface area is 248 Å². The average Bonchev–Trinajstić information content (AvgIpc) is 3.53. The average molecular weight is 565 g/mol. The number of nitrogens with zero attached hydrogens (tertiary/aromatic N) is 5. The molecular formula is C34H40N6O2. The Morgan fingerprint density at radius 3 is 2.40 bits per heavy atom. The molecule has 4 aromatic rings. The maximum Gasteiger partial charge on any atom is 0.225 e.